The summed E-state index contributed by atoms with van der Waals surface area (Å²) in [6.07, 6.45) is 1.44. The minimum atomic E-state index is -1.08. The van der Waals surface area contributed by atoms with Gasteiger partial charge in [0.25, 0.3) is 0 Å². The van der Waals surface area contributed by atoms with Crippen LogP contribution < -0.4 is 0 Å². The van der Waals surface area contributed by atoms with Crippen LogP contribution in [0.5, 0.6) is 0 Å². The van der Waals surface area contributed by atoms with Crippen LogP contribution in [0.25, 0.3) is 0 Å². The van der Waals surface area contributed by atoms with Gasteiger partial charge in [0.05, 0.1) is 11.1 Å². The second-order valence-electron chi connectivity index (χ2n) is 2.77. The number of carbonyl (C=O) groups excluding carboxylic acids is 1. The summed E-state index contributed by atoms with van der Waals surface area (Å²) < 4.78 is 4.76. The van der Waals surface area contributed by atoms with Crippen molar-refractivity contribution in [1.82, 2.24) is 0 Å². The van der Waals surface area contributed by atoms with Crippen LogP contribution in [-0.2, 0) is 4.74 Å². The fourth-order valence-electron chi connectivity index (χ4n) is 0.997. The molecule has 0 unspecified atom stereocenters. The molecular weight excluding hydrogens is 196 g/mol. The van der Waals surface area contributed by atoms with E-state index in [1.165, 1.54) is 30.3 Å². The van der Waals surface area contributed by atoms with Crippen molar-refractivity contribution in [2.24, 2.45) is 0 Å². The minimum absolute atomic E-state index is 0.0584. The van der Waals surface area contributed by atoms with Crippen LogP contribution in [0.15, 0.2) is 36.9 Å². The third-order valence-electron chi connectivity index (χ3n) is 1.68. The summed E-state index contributed by atoms with van der Waals surface area (Å²) in [6.45, 7) is 3.51. The maximum Gasteiger partial charge on any atom is 0.338 e. The highest BCUT2D eigenvalue weighted by Gasteiger charge is 2.09. The lowest BCUT2D eigenvalue weighted by Crippen LogP contribution is -2.06. The molecule has 0 fully saturated rings. The molecule has 1 aromatic rings. The smallest absolute Gasteiger partial charge is 0.338 e. The molecule has 1 N–H and O–H groups in total. The highest BCUT2D eigenvalue weighted by molar-refractivity contribution is 5.94. The molecule has 15 heavy (non-hydrogen) atoms. The zero-order valence-corrected chi connectivity index (χ0v) is 7.97. The molecule has 0 bridgehead atoms. The van der Waals surface area contributed by atoms with Crippen molar-refractivity contribution in [3.05, 3.63) is 48.0 Å². The monoisotopic (exact) mass is 206 g/mol. The first-order chi connectivity index (χ1) is 7.15. The SMILES string of the molecule is C=CCOC(=O)c1cccc(C(=O)O)c1. The zero-order valence-electron chi connectivity index (χ0n) is 7.97. The molecule has 0 radical (unpaired) electrons. The van der Waals surface area contributed by atoms with E-state index in [1.807, 2.05) is 0 Å². The molecule has 0 heterocycles. The van der Waals surface area contributed by atoms with Gasteiger partial charge in [0.2, 0.25) is 0 Å². The molecule has 78 valence electrons. The molecule has 0 aliphatic heterocycles. The van der Waals surface area contributed by atoms with Gasteiger partial charge in [-0.3, -0.25) is 0 Å². The Balaban J connectivity index is 2.85. The summed E-state index contributed by atoms with van der Waals surface area (Å²) in [5.74, 6) is -1.63. The molecule has 1 rings (SSSR count). The predicted molar refractivity (Wildman–Crippen MR) is 53.9 cm³/mol. The van der Waals surface area contributed by atoms with E-state index in [2.05, 4.69) is 6.58 Å². The maximum atomic E-state index is 11.3. The summed E-state index contributed by atoms with van der Waals surface area (Å²) in [5.41, 5.74) is 0.278. The van der Waals surface area contributed by atoms with Crippen LogP contribution in [0.3, 0.4) is 0 Å². The average molecular weight is 206 g/mol. The van der Waals surface area contributed by atoms with E-state index >= 15 is 0 Å². The fourth-order valence-corrected chi connectivity index (χ4v) is 0.997. The second-order valence-corrected chi connectivity index (χ2v) is 2.77. The number of rotatable bonds is 4. The summed E-state index contributed by atoms with van der Waals surface area (Å²) in [6, 6.07) is 5.67. The molecule has 0 saturated carbocycles. The largest absolute Gasteiger partial charge is 0.478 e. The summed E-state index contributed by atoms with van der Waals surface area (Å²) in [5, 5.41) is 8.70. The summed E-state index contributed by atoms with van der Waals surface area (Å²) in [4.78, 5) is 21.9. The molecule has 4 nitrogen and oxygen atoms in total. The number of ether oxygens (including phenoxy) is 1. The molecule has 0 aromatic heterocycles. The van der Waals surface area contributed by atoms with Crippen molar-refractivity contribution in [3.8, 4) is 0 Å². The van der Waals surface area contributed by atoms with Gasteiger partial charge in [-0.1, -0.05) is 18.7 Å². The van der Waals surface area contributed by atoms with Gasteiger partial charge >= 0.3 is 11.9 Å². The highest BCUT2D eigenvalue weighted by atomic mass is 16.5. The van der Waals surface area contributed by atoms with Gasteiger partial charge in [0.1, 0.15) is 6.61 Å². The van der Waals surface area contributed by atoms with Crippen molar-refractivity contribution in [3.63, 3.8) is 0 Å². The van der Waals surface area contributed by atoms with Gasteiger partial charge in [0, 0.05) is 0 Å². The molecule has 0 amide bonds. The third-order valence-corrected chi connectivity index (χ3v) is 1.68. The molecule has 0 saturated heterocycles. The fraction of sp³-hybridized carbons (Fsp3) is 0.0909. The van der Waals surface area contributed by atoms with E-state index < -0.39 is 11.9 Å². The Morgan fingerprint density at radius 1 is 1.40 bits per heavy atom. The topological polar surface area (TPSA) is 63.6 Å². The standard InChI is InChI=1S/C11H10O4/c1-2-6-15-11(14)9-5-3-4-8(7-9)10(12)13/h2-5,7H,1,6H2,(H,12,13). The molecule has 0 aliphatic carbocycles. The molecule has 0 atom stereocenters. The van der Waals surface area contributed by atoms with Crippen LogP contribution >= 0.6 is 0 Å². The van der Waals surface area contributed by atoms with Crippen molar-refractivity contribution in [2.75, 3.05) is 6.61 Å². The Bertz CT molecular complexity index is 395. The van der Waals surface area contributed by atoms with Crippen molar-refractivity contribution in [2.45, 2.75) is 0 Å². The number of carboxylic acid groups (broad SMARTS) is 1. The van der Waals surface area contributed by atoms with Crippen LogP contribution in [0.1, 0.15) is 20.7 Å². The summed E-state index contributed by atoms with van der Waals surface area (Å²) >= 11 is 0. The minimum Gasteiger partial charge on any atom is -0.478 e. The number of carboxylic acids is 1. The molecule has 0 spiro atoms. The first-order valence-electron chi connectivity index (χ1n) is 4.26. The third kappa shape index (κ3) is 2.95. The molecule has 1 aromatic carbocycles. The molecule has 0 aliphatic rings. The van der Waals surface area contributed by atoms with E-state index in [0.29, 0.717) is 0 Å². The van der Waals surface area contributed by atoms with E-state index in [0.717, 1.165) is 0 Å². The van der Waals surface area contributed by atoms with E-state index in [-0.39, 0.29) is 17.7 Å². The van der Waals surface area contributed by atoms with Gasteiger partial charge in [-0.15, -0.1) is 0 Å². The highest BCUT2D eigenvalue weighted by Crippen LogP contribution is 2.06. The number of esters is 1. The average Bonchev–Trinajstić information content (AvgIpc) is 2.26. The van der Waals surface area contributed by atoms with Crippen LogP contribution in [0, 0.1) is 0 Å². The Hall–Kier alpha value is -2.10. The first kappa shape index (κ1) is 11.0. The molecule has 4 heteroatoms. The van der Waals surface area contributed by atoms with Gasteiger partial charge < -0.3 is 9.84 Å². The quantitative estimate of drug-likeness (QED) is 0.601. The van der Waals surface area contributed by atoms with Gasteiger partial charge in [-0.25, -0.2) is 9.59 Å². The van der Waals surface area contributed by atoms with Crippen LogP contribution in [0.4, 0.5) is 0 Å². The van der Waals surface area contributed by atoms with E-state index in [9.17, 15) is 9.59 Å². The number of benzene rings is 1. The van der Waals surface area contributed by atoms with Gasteiger partial charge in [-0.05, 0) is 18.2 Å². The van der Waals surface area contributed by atoms with E-state index in [4.69, 9.17) is 9.84 Å². The number of hydrogen-bond donors (Lipinski definition) is 1. The van der Waals surface area contributed by atoms with Crippen molar-refractivity contribution >= 4 is 11.9 Å². The second kappa shape index (κ2) is 4.95. The lowest BCUT2D eigenvalue weighted by Gasteiger charge is -2.02. The molecular formula is C11H10O4. The van der Waals surface area contributed by atoms with Crippen molar-refractivity contribution in [1.29, 1.82) is 0 Å². The van der Waals surface area contributed by atoms with E-state index in [1.54, 1.807) is 0 Å². The maximum absolute atomic E-state index is 11.3. The summed E-state index contributed by atoms with van der Waals surface area (Å²) in [7, 11) is 0. The Morgan fingerprint density at radius 3 is 2.67 bits per heavy atom. The first-order valence-corrected chi connectivity index (χ1v) is 4.26. The number of carbonyl (C=O) groups is 2. The lowest BCUT2D eigenvalue weighted by atomic mass is 10.1. The normalized spacial score (nSPS) is 9.33. The zero-order chi connectivity index (χ0) is 11.3. The van der Waals surface area contributed by atoms with Crippen molar-refractivity contribution < 1.29 is 19.4 Å². The Morgan fingerprint density at radius 2 is 2.07 bits per heavy atom. The van der Waals surface area contributed by atoms with Gasteiger partial charge in [0.15, 0.2) is 0 Å². The number of aromatic carboxylic acids is 1. The Labute approximate surface area is 86.8 Å². The van der Waals surface area contributed by atoms with Gasteiger partial charge in [-0.2, -0.15) is 0 Å². The number of hydrogen-bond acceptors (Lipinski definition) is 3. The predicted octanol–water partition coefficient (Wildman–Crippen LogP) is 1.73. The van der Waals surface area contributed by atoms with Crippen LogP contribution in [0.2, 0.25) is 0 Å². The van der Waals surface area contributed by atoms with Crippen LogP contribution in [-0.4, -0.2) is 23.7 Å². The Kier molecular flexibility index (Phi) is 3.62. The lowest BCUT2D eigenvalue weighted by molar-refractivity contribution is 0.0549.